The third kappa shape index (κ3) is 15.8. The Labute approximate surface area is 60.5 Å². The Morgan fingerprint density at radius 2 is 2.10 bits per heavy atom. The van der Waals surface area contributed by atoms with Crippen LogP contribution in [-0.2, 0) is 4.43 Å². The fraction of sp³-hybridized carbons (Fsp3) is 0.571. The molecule has 0 bridgehead atoms. The van der Waals surface area contributed by atoms with Crippen molar-refractivity contribution in [2.75, 3.05) is 0 Å². The van der Waals surface area contributed by atoms with Crippen LogP contribution in [0, 0.1) is 6.61 Å². The maximum Gasteiger partial charge on any atom is 0.135 e. The summed E-state index contributed by atoms with van der Waals surface area (Å²) in [5.41, 5.74) is 0. The molecule has 0 amide bonds. The molecule has 0 atom stereocenters. The van der Waals surface area contributed by atoms with Crippen LogP contribution in [-0.4, -0.2) is 9.04 Å². The van der Waals surface area contributed by atoms with Crippen LogP contribution < -0.4 is 0 Å². The molecule has 0 heterocycles. The first kappa shape index (κ1) is 16.0. The van der Waals surface area contributed by atoms with E-state index in [4.69, 9.17) is 4.43 Å². The summed E-state index contributed by atoms with van der Waals surface area (Å²) in [6.45, 7) is 9.66. The van der Waals surface area contributed by atoms with E-state index in [2.05, 4.69) is 19.7 Å². The maximum atomic E-state index is 5.22. The average Bonchev–Trinajstić information content (AvgIpc) is 1.66. The fourth-order valence-electron chi connectivity index (χ4n) is 0.316. The van der Waals surface area contributed by atoms with Crippen molar-refractivity contribution in [2.45, 2.75) is 26.9 Å². The van der Waals surface area contributed by atoms with Gasteiger partial charge in [0.2, 0.25) is 0 Å². The summed E-state index contributed by atoms with van der Waals surface area (Å²) in [5, 5.41) is 0. The molecule has 0 fully saturated rings. The Morgan fingerprint density at radius 3 is 2.40 bits per heavy atom. The Balaban J connectivity index is -0.000000245. The van der Waals surface area contributed by atoms with Gasteiger partial charge in [-0.2, -0.15) is 0 Å². The molecule has 0 aromatic heterocycles. The van der Waals surface area contributed by atoms with E-state index < -0.39 is 9.04 Å². The molecule has 0 rings (SSSR count). The van der Waals surface area contributed by atoms with Gasteiger partial charge in [-0.3, -0.25) is 0 Å². The summed E-state index contributed by atoms with van der Waals surface area (Å²) in [6.07, 6.45) is 2.70. The average molecular weight is 412 g/mol. The first-order valence-electron chi connectivity index (χ1n) is 2.85. The van der Waals surface area contributed by atoms with Gasteiger partial charge in [0, 0.05) is 0 Å². The first-order valence-corrected chi connectivity index (χ1v) is 5.63. The van der Waals surface area contributed by atoms with Gasteiger partial charge in [-0.1, -0.05) is 20.5 Å². The smallest absolute Gasteiger partial charge is 0.135 e. The van der Waals surface area contributed by atoms with Gasteiger partial charge in [0.05, 0.1) is 0 Å². The Bertz CT molecular complexity index is 66.6. The molecule has 0 aromatic carbocycles. The van der Waals surface area contributed by atoms with Crippen molar-refractivity contribution < 1.29 is 4.43 Å². The molecule has 3 heteroatoms. The van der Waals surface area contributed by atoms with Crippen molar-refractivity contribution in [1.29, 1.82) is 0 Å². The standard InChI is InChI=1S/C6H13OSi.CH4.Rf/c1-4-5-6-7-8(2)3;;/h4,6,8H,1,5H2,2-3H3;1H4;/q-1;;. The summed E-state index contributed by atoms with van der Waals surface area (Å²) in [7, 11) is -0.805. The summed E-state index contributed by atoms with van der Waals surface area (Å²) in [4.78, 5) is 0. The molecule has 0 saturated carbocycles. The van der Waals surface area contributed by atoms with Crippen molar-refractivity contribution in [3.63, 3.8) is 0 Å². The molecule has 1 nitrogen and oxygen atoms in total. The van der Waals surface area contributed by atoms with Crippen LogP contribution in [0.25, 0.3) is 0 Å². The molecule has 0 aromatic rings. The van der Waals surface area contributed by atoms with Gasteiger partial charge in [-0.05, 0) is 0 Å². The molecule has 58 valence electrons. The van der Waals surface area contributed by atoms with Crippen molar-refractivity contribution in [1.82, 2.24) is 0 Å². The quantitative estimate of drug-likeness (QED) is 0.298. The molecule has 10 heavy (non-hydrogen) atoms. The van der Waals surface area contributed by atoms with Gasteiger partial charge in [-0.15, -0.1) is 19.1 Å². The van der Waals surface area contributed by atoms with Crippen LogP contribution in [0.4, 0.5) is 0 Å². The van der Waals surface area contributed by atoms with E-state index in [1.165, 1.54) is 0 Å². The van der Waals surface area contributed by atoms with Crippen LogP contribution >= 0.6 is 0 Å². The summed E-state index contributed by atoms with van der Waals surface area (Å²) in [6, 6.07) is 0. The SMILES string of the molecule is C.C=CC[CH-]O[SiH](C)C.[Rf]. The number of hydrogen-bond donors (Lipinski definition) is 0. The Morgan fingerprint density at radius 1 is 1.60 bits per heavy atom. The summed E-state index contributed by atoms with van der Waals surface area (Å²) >= 11 is 0. The van der Waals surface area contributed by atoms with Crippen LogP contribution in [0.15, 0.2) is 12.7 Å². The zero-order valence-electron chi connectivity index (χ0n) is 6.26. The summed E-state index contributed by atoms with van der Waals surface area (Å²) in [5.74, 6) is 0. The fourth-order valence-corrected chi connectivity index (χ4v) is 0.812. The van der Waals surface area contributed by atoms with Crippen LogP contribution in [0.1, 0.15) is 13.8 Å². The van der Waals surface area contributed by atoms with E-state index in [0.29, 0.717) is 0 Å². The van der Waals surface area contributed by atoms with Gasteiger partial charge >= 0.3 is 0 Å². The predicted octanol–water partition coefficient (Wildman–Crippen LogP) is 2.36. The number of hydrogen-bond acceptors (Lipinski definition) is 1. The molecular weight excluding hydrogens is 395 g/mol. The van der Waals surface area contributed by atoms with E-state index in [0.717, 1.165) is 6.42 Å². The van der Waals surface area contributed by atoms with Crippen molar-refractivity contribution in [3.05, 3.63) is 19.3 Å². The van der Waals surface area contributed by atoms with Gasteiger partial charge in [0.15, 0.2) is 0 Å². The van der Waals surface area contributed by atoms with Crippen molar-refractivity contribution >= 4 is 9.04 Å². The zero-order chi connectivity index (χ0) is 6.41. The monoisotopic (exact) mass is 412 g/mol. The Kier molecular flexibility index (Phi) is 17.3. The minimum absolute atomic E-state index is 0. The van der Waals surface area contributed by atoms with Crippen molar-refractivity contribution in [2.24, 2.45) is 0 Å². The molecule has 0 N–H and O–H groups in total. The minimum atomic E-state index is -0.805. The molecule has 0 unspecified atom stereocenters. The third-order valence-corrected chi connectivity index (χ3v) is 1.37. The maximum absolute atomic E-state index is 5.22. The van der Waals surface area contributed by atoms with Gasteiger partial charge in [-0.25, -0.2) is 6.61 Å². The first-order chi connectivity index (χ1) is 3.77. The van der Waals surface area contributed by atoms with E-state index in [1.807, 2.05) is 12.7 Å². The van der Waals surface area contributed by atoms with Gasteiger partial charge < -0.3 is 4.43 Å². The van der Waals surface area contributed by atoms with E-state index >= 15 is 0 Å². The molecule has 0 radical (unpaired) electrons. The third-order valence-electron chi connectivity index (χ3n) is 0.631. The van der Waals surface area contributed by atoms with E-state index in [1.54, 1.807) is 0 Å². The normalized spacial score (nSPS) is 7.90. The van der Waals surface area contributed by atoms with Crippen LogP contribution in [0.3, 0.4) is 0 Å². The second-order valence-corrected chi connectivity index (χ2v) is 4.25. The predicted molar refractivity (Wildman–Crippen MR) is 45.8 cm³/mol. The topological polar surface area (TPSA) is 9.23 Å². The Hall–Kier alpha value is -1.08. The second-order valence-electron chi connectivity index (χ2n) is 1.88. The number of rotatable bonds is 4. The molecule has 0 aliphatic rings. The van der Waals surface area contributed by atoms with E-state index in [-0.39, 0.29) is 7.43 Å². The van der Waals surface area contributed by atoms with E-state index in [9.17, 15) is 0 Å². The largest absolute Gasteiger partial charge is 0.594 e. The molecule has 0 saturated heterocycles. The minimum Gasteiger partial charge on any atom is -0.594 e. The molecule has 0 aliphatic carbocycles. The summed E-state index contributed by atoms with van der Waals surface area (Å²) < 4.78 is 5.22. The second kappa shape index (κ2) is 10.8. The van der Waals surface area contributed by atoms with Crippen LogP contribution in [0.2, 0.25) is 13.1 Å². The van der Waals surface area contributed by atoms with Crippen LogP contribution in [0.5, 0.6) is 0 Å². The molecular formula is C7H17ORfSi-. The van der Waals surface area contributed by atoms with Gasteiger partial charge in [0.25, 0.3) is 0 Å². The van der Waals surface area contributed by atoms with Gasteiger partial charge in [0.1, 0.15) is 9.04 Å². The molecule has 0 spiro atoms. The molecule has 0 aliphatic heterocycles. The van der Waals surface area contributed by atoms with Crippen molar-refractivity contribution in [3.8, 4) is 0 Å². The zero-order valence-corrected chi connectivity index (χ0v) is 13.8.